The summed E-state index contributed by atoms with van der Waals surface area (Å²) in [4.78, 5) is 9.01. The minimum Gasteiger partial charge on any atom is -0.324 e. The van der Waals surface area contributed by atoms with Gasteiger partial charge in [0.25, 0.3) is 0 Å². The van der Waals surface area contributed by atoms with Crippen molar-refractivity contribution < 1.29 is 13.9 Å². The lowest BCUT2D eigenvalue weighted by Crippen LogP contribution is -1.94. The van der Waals surface area contributed by atoms with Crippen molar-refractivity contribution in [3.05, 3.63) is 0 Å². The summed E-state index contributed by atoms with van der Waals surface area (Å²) in [5, 5.41) is 0. The van der Waals surface area contributed by atoms with Crippen molar-refractivity contribution in [1.82, 2.24) is 0 Å². The fourth-order valence-electron chi connectivity index (χ4n) is 0.297. The van der Waals surface area contributed by atoms with Crippen LogP contribution in [0.15, 0.2) is 0 Å². The molecule has 0 aromatic heterocycles. The van der Waals surface area contributed by atoms with Crippen LogP contribution in [0.4, 0.5) is 0 Å². The molecule has 0 rings (SSSR count). The monoisotopic (exact) mass is 202 g/mol. The highest BCUT2D eigenvalue weighted by molar-refractivity contribution is 8.07. The third kappa shape index (κ3) is 5.65. The summed E-state index contributed by atoms with van der Waals surface area (Å²) >= 11 is 8.51. The van der Waals surface area contributed by atoms with Gasteiger partial charge in [0.2, 0.25) is 0 Å². The minimum atomic E-state index is -2.90. The van der Waals surface area contributed by atoms with Crippen LogP contribution in [-0.2, 0) is 20.9 Å². The van der Waals surface area contributed by atoms with Crippen molar-refractivity contribution in [1.29, 1.82) is 0 Å². The second-order valence-corrected chi connectivity index (χ2v) is 4.95. The summed E-state index contributed by atoms with van der Waals surface area (Å²) in [6.07, 6.45) is 0.769. The zero-order valence-corrected chi connectivity index (χ0v) is 8.29. The van der Waals surface area contributed by atoms with Crippen LogP contribution in [0.25, 0.3) is 0 Å². The van der Waals surface area contributed by atoms with Gasteiger partial charge in [-0.25, -0.2) is 0 Å². The molecule has 0 aliphatic carbocycles. The Morgan fingerprint density at radius 1 is 1.70 bits per heavy atom. The second-order valence-electron chi connectivity index (χ2n) is 1.56. The molecule has 1 atom stereocenters. The minimum absolute atomic E-state index is 0.408. The van der Waals surface area contributed by atoms with E-state index in [1.165, 1.54) is 7.11 Å². The first-order chi connectivity index (χ1) is 4.62. The molecule has 0 aliphatic rings. The quantitative estimate of drug-likeness (QED) is 0.399. The summed E-state index contributed by atoms with van der Waals surface area (Å²) < 4.78 is 9.35. The smallest absolute Gasteiger partial charge is 0.324 e. The zero-order chi connectivity index (χ0) is 8.04. The van der Waals surface area contributed by atoms with E-state index in [0.717, 1.165) is 12.2 Å². The largest absolute Gasteiger partial charge is 0.324 e. The van der Waals surface area contributed by atoms with Crippen LogP contribution in [0.1, 0.15) is 6.42 Å². The molecule has 0 aliphatic heterocycles. The molecule has 0 spiro atoms. The van der Waals surface area contributed by atoms with Crippen LogP contribution in [0.2, 0.25) is 0 Å². The fourth-order valence-corrected chi connectivity index (χ4v) is 1.12. The number of hydrogen-bond acceptors (Lipinski definition) is 4. The number of hydrogen-bond donors (Lipinski definition) is 2. The molecule has 6 heteroatoms. The molecule has 1 unspecified atom stereocenters. The molecular weight excluding hydrogens is 191 g/mol. The molecule has 0 bridgehead atoms. The van der Waals surface area contributed by atoms with E-state index in [4.69, 9.17) is 9.42 Å². The summed E-state index contributed by atoms with van der Waals surface area (Å²) in [5.41, 5.74) is 0. The lowest BCUT2D eigenvalue weighted by molar-refractivity contribution is 0.226. The van der Waals surface area contributed by atoms with E-state index in [9.17, 15) is 0 Å². The lowest BCUT2D eigenvalue weighted by atomic mass is 10.5. The summed E-state index contributed by atoms with van der Waals surface area (Å²) in [6.45, 7) is -2.50. The van der Waals surface area contributed by atoms with E-state index in [-0.39, 0.29) is 0 Å². The van der Waals surface area contributed by atoms with Gasteiger partial charge in [0, 0.05) is 7.11 Å². The van der Waals surface area contributed by atoms with Gasteiger partial charge in [0.15, 0.2) is 0 Å². The maximum atomic E-state index is 9.01. The van der Waals surface area contributed by atoms with E-state index < -0.39 is 6.72 Å². The molecule has 1 N–H and O–H groups in total. The molecule has 0 saturated carbocycles. The summed E-state index contributed by atoms with van der Waals surface area (Å²) in [6, 6.07) is 0. The van der Waals surface area contributed by atoms with Crippen molar-refractivity contribution in [2.24, 2.45) is 0 Å². The molecule has 0 aromatic carbocycles. The Morgan fingerprint density at radius 3 is 2.70 bits per heavy atom. The Morgan fingerprint density at radius 2 is 2.30 bits per heavy atom. The van der Waals surface area contributed by atoms with E-state index in [0.29, 0.717) is 6.61 Å². The Kier molecular flexibility index (Phi) is 6.01. The standard InChI is InChI=1S/C4H11O3PS2/c1-6-8(5,10)7-3-2-4-9/h9H,2-4H2,1H3,(H,5,10). The van der Waals surface area contributed by atoms with Crippen molar-refractivity contribution in [3.63, 3.8) is 0 Å². The van der Waals surface area contributed by atoms with Crippen molar-refractivity contribution in [2.45, 2.75) is 6.42 Å². The molecule has 0 heterocycles. The van der Waals surface area contributed by atoms with Crippen LogP contribution in [0.3, 0.4) is 0 Å². The first-order valence-corrected chi connectivity index (χ1v) is 5.98. The molecule has 0 fully saturated rings. The summed E-state index contributed by atoms with van der Waals surface area (Å²) in [7, 11) is 1.33. The average Bonchev–Trinajstić information content (AvgIpc) is 1.89. The van der Waals surface area contributed by atoms with Crippen LogP contribution >= 0.6 is 19.3 Å². The third-order valence-corrected chi connectivity index (χ3v) is 2.84. The van der Waals surface area contributed by atoms with E-state index in [2.05, 4.69) is 29.0 Å². The SMILES string of the molecule is COP(O)(=S)OCCCS. The molecule has 0 saturated heterocycles. The highest BCUT2D eigenvalue weighted by atomic mass is 32.5. The number of thiol groups is 1. The molecule has 10 heavy (non-hydrogen) atoms. The number of rotatable bonds is 5. The van der Waals surface area contributed by atoms with E-state index >= 15 is 0 Å². The Balaban J connectivity index is 3.38. The van der Waals surface area contributed by atoms with E-state index in [1.54, 1.807) is 0 Å². The fraction of sp³-hybridized carbons (Fsp3) is 1.00. The van der Waals surface area contributed by atoms with Crippen molar-refractivity contribution >= 4 is 31.2 Å². The maximum Gasteiger partial charge on any atom is 0.324 e. The Labute approximate surface area is 71.4 Å². The Hall–Kier alpha value is 0.880. The van der Waals surface area contributed by atoms with Crippen LogP contribution in [0, 0.1) is 0 Å². The van der Waals surface area contributed by atoms with Crippen molar-refractivity contribution in [3.8, 4) is 0 Å². The molecule has 0 amide bonds. The van der Waals surface area contributed by atoms with Gasteiger partial charge >= 0.3 is 6.72 Å². The molecule has 62 valence electrons. The lowest BCUT2D eigenvalue weighted by Gasteiger charge is -2.11. The molecule has 0 aromatic rings. The molecule has 3 nitrogen and oxygen atoms in total. The molecular formula is C4H11O3PS2. The van der Waals surface area contributed by atoms with Crippen LogP contribution in [-0.4, -0.2) is 24.4 Å². The van der Waals surface area contributed by atoms with Crippen molar-refractivity contribution in [2.75, 3.05) is 19.5 Å². The first kappa shape index (κ1) is 10.9. The average molecular weight is 202 g/mol. The zero-order valence-electron chi connectivity index (χ0n) is 5.69. The predicted octanol–water partition coefficient (Wildman–Crippen LogP) is 1.19. The predicted molar refractivity (Wildman–Crippen MR) is 47.9 cm³/mol. The highest BCUT2D eigenvalue weighted by Gasteiger charge is 2.10. The highest BCUT2D eigenvalue weighted by Crippen LogP contribution is 2.42. The summed E-state index contributed by atoms with van der Waals surface area (Å²) in [5.74, 6) is 0.721. The maximum absolute atomic E-state index is 9.01. The van der Waals surface area contributed by atoms with Gasteiger partial charge in [-0.05, 0) is 24.0 Å². The van der Waals surface area contributed by atoms with Crippen LogP contribution in [0.5, 0.6) is 0 Å². The van der Waals surface area contributed by atoms with Gasteiger partial charge in [0.05, 0.1) is 6.61 Å². The third-order valence-electron chi connectivity index (χ3n) is 0.788. The van der Waals surface area contributed by atoms with Gasteiger partial charge in [-0.15, -0.1) is 0 Å². The second kappa shape index (κ2) is 5.52. The van der Waals surface area contributed by atoms with Gasteiger partial charge in [-0.1, -0.05) is 0 Å². The van der Waals surface area contributed by atoms with Gasteiger partial charge in [-0.2, -0.15) is 12.6 Å². The normalized spacial score (nSPS) is 16.7. The topological polar surface area (TPSA) is 38.7 Å². The van der Waals surface area contributed by atoms with Gasteiger partial charge in [-0.3, -0.25) is 0 Å². The first-order valence-electron chi connectivity index (χ1n) is 2.76. The molecule has 0 radical (unpaired) electrons. The van der Waals surface area contributed by atoms with E-state index in [1.807, 2.05) is 0 Å². The Bertz CT molecular complexity index is 130. The van der Waals surface area contributed by atoms with Gasteiger partial charge in [0.1, 0.15) is 0 Å². The van der Waals surface area contributed by atoms with Gasteiger partial charge < -0.3 is 13.9 Å². The van der Waals surface area contributed by atoms with Crippen LogP contribution < -0.4 is 0 Å².